The van der Waals surface area contributed by atoms with E-state index < -0.39 is 5.97 Å². The Morgan fingerprint density at radius 3 is 2.73 bits per heavy atom. The lowest BCUT2D eigenvalue weighted by atomic mass is 9.99. The first-order chi connectivity index (χ1) is 14.5. The minimum Gasteiger partial charge on any atom is -0.489 e. The highest BCUT2D eigenvalue weighted by Gasteiger charge is 2.12. The highest BCUT2D eigenvalue weighted by molar-refractivity contribution is 7.17. The van der Waals surface area contributed by atoms with Gasteiger partial charge in [0, 0.05) is 16.8 Å². The molecule has 0 aliphatic rings. The summed E-state index contributed by atoms with van der Waals surface area (Å²) in [6.07, 6.45) is -0.0592. The summed E-state index contributed by atoms with van der Waals surface area (Å²) in [5.74, 6) is -0.250. The maximum atomic E-state index is 11.2. The zero-order valence-corrected chi connectivity index (χ0v) is 17.5. The van der Waals surface area contributed by atoms with Crippen LogP contribution in [0.15, 0.2) is 66.0 Å². The molecule has 0 saturated heterocycles. The molecular weight excluding hydrogens is 394 g/mol. The molecule has 1 aromatic heterocycles. The number of carboxylic acid groups (broad SMARTS) is 1. The maximum Gasteiger partial charge on any atom is 0.307 e. The van der Waals surface area contributed by atoms with Crippen molar-refractivity contribution in [1.82, 2.24) is 0 Å². The van der Waals surface area contributed by atoms with E-state index in [-0.39, 0.29) is 6.42 Å². The number of ether oxygens (including phenoxy) is 1. The Hall–Kier alpha value is -3.15. The van der Waals surface area contributed by atoms with Crippen LogP contribution >= 0.6 is 11.3 Å². The molecule has 4 aromatic rings. The van der Waals surface area contributed by atoms with Crippen molar-refractivity contribution < 1.29 is 14.6 Å². The Balaban J connectivity index is 1.68. The number of hydrogen-bond acceptors (Lipinski definition) is 4. The Kier molecular flexibility index (Phi) is 5.84. The maximum absolute atomic E-state index is 11.2. The standard InChI is InChI=1S/C25H23NO3S/c1-16-5-6-20(13-24(27)28)23(9-16)29-15-18-11-21-7-8-30-25(21)22(12-18)19-4-2-3-17(10-19)14-26/h2-12H,13-15,26H2,1H3,(H,27,28). The summed E-state index contributed by atoms with van der Waals surface area (Å²) in [5, 5.41) is 12.4. The summed E-state index contributed by atoms with van der Waals surface area (Å²) >= 11 is 1.72. The smallest absolute Gasteiger partial charge is 0.307 e. The van der Waals surface area contributed by atoms with Crippen molar-refractivity contribution in [1.29, 1.82) is 0 Å². The fourth-order valence-corrected chi connectivity index (χ4v) is 4.49. The summed E-state index contributed by atoms with van der Waals surface area (Å²) in [4.78, 5) is 11.2. The Morgan fingerprint density at radius 2 is 1.93 bits per heavy atom. The molecule has 4 rings (SSSR count). The molecule has 3 aromatic carbocycles. The third-order valence-corrected chi connectivity index (χ3v) is 6.01. The van der Waals surface area contributed by atoms with Gasteiger partial charge in [-0.15, -0.1) is 11.3 Å². The third-order valence-electron chi connectivity index (χ3n) is 5.04. The van der Waals surface area contributed by atoms with Gasteiger partial charge in [0.15, 0.2) is 0 Å². The molecule has 0 aliphatic heterocycles. The second kappa shape index (κ2) is 8.69. The SMILES string of the molecule is Cc1ccc(CC(=O)O)c(OCc2cc(-c3cccc(CN)c3)c3sccc3c2)c1. The second-order valence-corrected chi connectivity index (χ2v) is 8.27. The van der Waals surface area contributed by atoms with Gasteiger partial charge < -0.3 is 15.6 Å². The third kappa shape index (κ3) is 4.37. The van der Waals surface area contributed by atoms with Gasteiger partial charge in [-0.3, -0.25) is 4.79 Å². The normalized spacial score (nSPS) is 11.0. The molecule has 0 amide bonds. The molecule has 0 unspecified atom stereocenters. The molecule has 30 heavy (non-hydrogen) atoms. The number of nitrogens with two attached hydrogens (primary N) is 1. The number of hydrogen-bond donors (Lipinski definition) is 2. The summed E-state index contributed by atoms with van der Waals surface area (Å²) in [6.45, 7) is 2.84. The number of rotatable bonds is 7. The first-order valence-electron chi connectivity index (χ1n) is 9.77. The molecule has 5 heteroatoms. The highest BCUT2D eigenvalue weighted by atomic mass is 32.1. The monoisotopic (exact) mass is 417 g/mol. The van der Waals surface area contributed by atoms with Crippen molar-refractivity contribution >= 4 is 27.4 Å². The van der Waals surface area contributed by atoms with Crippen LogP contribution < -0.4 is 10.5 Å². The first kappa shape index (κ1) is 20.1. The van der Waals surface area contributed by atoms with E-state index in [2.05, 4.69) is 35.7 Å². The molecule has 0 fully saturated rings. The van der Waals surface area contributed by atoms with Crippen LogP contribution in [0.2, 0.25) is 0 Å². The predicted molar refractivity (Wildman–Crippen MR) is 122 cm³/mol. The Morgan fingerprint density at radius 1 is 1.07 bits per heavy atom. The number of thiophene rings is 1. The van der Waals surface area contributed by atoms with Crippen LogP contribution in [0.4, 0.5) is 0 Å². The van der Waals surface area contributed by atoms with Crippen LogP contribution in [0.5, 0.6) is 5.75 Å². The molecule has 0 radical (unpaired) electrons. The first-order valence-corrected chi connectivity index (χ1v) is 10.6. The Bertz CT molecular complexity index is 1210. The fourth-order valence-electron chi connectivity index (χ4n) is 3.57. The lowest BCUT2D eigenvalue weighted by Gasteiger charge is -2.13. The lowest BCUT2D eigenvalue weighted by Crippen LogP contribution is -2.04. The van der Waals surface area contributed by atoms with Gasteiger partial charge in [-0.1, -0.05) is 30.3 Å². The van der Waals surface area contributed by atoms with Gasteiger partial charge in [0.05, 0.1) is 6.42 Å². The van der Waals surface area contributed by atoms with Crippen molar-refractivity contribution in [2.24, 2.45) is 5.73 Å². The minimum absolute atomic E-state index is 0.0592. The van der Waals surface area contributed by atoms with Gasteiger partial charge in [0.25, 0.3) is 0 Å². The molecule has 0 atom stereocenters. The van der Waals surface area contributed by atoms with Crippen LogP contribution in [0, 0.1) is 6.92 Å². The number of fused-ring (bicyclic) bond motifs is 1. The summed E-state index contributed by atoms with van der Waals surface area (Å²) < 4.78 is 7.32. The molecule has 3 N–H and O–H groups in total. The van der Waals surface area contributed by atoms with Gasteiger partial charge >= 0.3 is 5.97 Å². The van der Waals surface area contributed by atoms with Crippen molar-refractivity contribution in [3.63, 3.8) is 0 Å². The molecule has 0 bridgehead atoms. The molecule has 0 aliphatic carbocycles. The van der Waals surface area contributed by atoms with Gasteiger partial charge in [0.1, 0.15) is 12.4 Å². The lowest BCUT2D eigenvalue weighted by molar-refractivity contribution is -0.136. The molecule has 0 spiro atoms. The average Bonchev–Trinajstić information content (AvgIpc) is 3.21. The van der Waals surface area contributed by atoms with Crippen LogP contribution in [0.3, 0.4) is 0 Å². The van der Waals surface area contributed by atoms with E-state index in [1.54, 1.807) is 11.3 Å². The molecular formula is C25H23NO3S. The predicted octanol–water partition coefficient (Wildman–Crippen LogP) is 5.54. The summed E-state index contributed by atoms with van der Waals surface area (Å²) in [6, 6.07) is 20.3. The fraction of sp³-hybridized carbons (Fsp3) is 0.160. The van der Waals surface area contributed by atoms with Crippen molar-refractivity contribution in [2.75, 3.05) is 0 Å². The molecule has 4 nitrogen and oxygen atoms in total. The summed E-state index contributed by atoms with van der Waals surface area (Å²) in [7, 11) is 0. The van der Waals surface area contributed by atoms with E-state index in [0.717, 1.165) is 27.8 Å². The summed E-state index contributed by atoms with van der Waals surface area (Å²) in [5.41, 5.74) is 12.0. The van der Waals surface area contributed by atoms with E-state index in [1.807, 2.05) is 37.3 Å². The van der Waals surface area contributed by atoms with Crippen LogP contribution in [0.25, 0.3) is 21.2 Å². The minimum atomic E-state index is -0.870. The highest BCUT2D eigenvalue weighted by Crippen LogP contribution is 2.35. The van der Waals surface area contributed by atoms with Gasteiger partial charge in [0.2, 0.25) is 0 Å². The van der Waals surface area contributed by atoms with E-state index in [1.165, 1.54) is 10.1 Å². The van der Waals surface area contributed by atoms with Crippen LogP contribution in [-0.4, -0.2) is 11.1 Å². The number of carboxylic acids is 1. The van der Waals surface area contributed by atoms with Crippen molar-refractivity contribution in [3.8, 4) is 16.9 Å². The van der Waals surface area contributed by atoms with E-state index in [0.29, 0.717) is 24.5 Å². The zero-order valence-electron chi connectivity index (χ0n) is 16.7. The number of benzene rings is 3. The number of carbonyl (C=O) groups is 1. The van der Waals surface area contributed by atoms with Gasteiger partial charge in [-0.2, -0.15) is 0 Å². The van der Waals surface area contributed by atoms with Crippen LogP contribution in [-0.2, 0) is 24.4 Å². The van der Waals surface area contributed by atoms with Crippen molar-refractivity contribution in [3.05, 3.63) is 88.3 Å². The van der Waals surface area contributed by atoms with Crippen molar-refractivity contribution in [2.45, 2.75) is 26.5 Å². The van der Waals surface area contributed by atoms with Gasteiger partial charge in [-0.25, -0.2) is 0 Å². The quantitative estimate of drug-likeness (QED) is 0.414. The average molecular weight is 418 g/mol. The molecule has 0 saturated carbocycles. The molecule has 152 valence electrons. The van der Waals surface area contributed by atoms with E-state index >= 15 is 0 Å². The number of aliphatic carboxylic acids is 1. The molecule has 1 heterocycles. The van der Waals surface area contributed by atoms with Crippen LogP contribution in [0.1, 0.15) is 22.3 Å². The topological polar surface area (TPSA) is 72.5 Å². The van der Waals surface area contributed by atoms with Gasteiger partial charge in [-0.05, 0) is 75.8 Å². The van der Waals surface area contributed by atoms with E-state index in [9.17, 15) is 9.90 Å². The Labute approximate surface area is 179 Å². The second-order valence-electron chi connectivity index (χ2n) is 7.36. The largest absolute Gasteiger partial charge is 0.489 e. The van der Waals surface area contributed by atoms with E-state index in [4.69, 9.17) is 10.5 Å². The zero-order chi connectivity index (χ0) is 21.1. The number of aryl methyl sites for hydroxylation is 1.